The average Bonchev–Trinajstić information content (AvgIpc) is 3.29. The fourth-order valence-corrected chi connectivity index (χ4v) is 4.05. The van der Waals surface area contributed by atoms with Gasteiger partial charge in [0.25, 0.3) is 0 Å². The molecule has 148 valence electrons. The Morgan fingerprint density at radius 1 is 1.04 bits per heavy atom. The third-order valence-corrected chi connectivity index (χ3v) is 5.81. The number of carbonyl (C=O) groups excluding carboxylic acids is 1. The minimum atomic E-state index is 0.0958. The second-order valence-electron chi connectivity index (χ2n) is 7.82. The number of nitrogens with zero attached hydrogens (tertiary/aromatic N) is 2. The maximum absolute atomic E-state index is 12.5. The second-order valence-corrected chi connectivity index (χ2v) is 7.82. The summed E-state index contributed by atoms with van der Waals surface area (Å²) in [6.07, 6.45) is 7.62. The maximum Gasteiger partial charge on any atom is 0.228 e. The Bertz CT molecular complexity index is 749. The first kappa shape index (κ1) is 18.9. The fraction of sp³-hybridized carbons (Fsp3) is 0.478. The number of hydrogen-bond acceptors (Lipinski definition) is 4. The largest absolute Gasteiger partial charge is 0.489 e. The first-order valence-electron chi connectivity index (χ1n) is 10.2. The van der Waals surface area contributed by atoms with Gasteiger partial charge in [-0.3, -0.25) is 9.78 Å². The lowest BCUT2D eigenvalue weighted by Crippen LogP contribution is -2.42. The molecule has 5 heteroatoms. The van der Waals surface area contributed by atoms with E-state index < -0.39 is 0 Å². The molecule has 28 heavy (non-hydrogen) atoms. The highest BCUT2D eigenvalue weighted by Crippen LogP contribution is 2.25. The lowest BCUT2D eigenvalue weighted by atomic mass is 9.89. The van der Waals surface area contributed by atoms with E-state index in [0.29, 0.717) is 25.0 Å². The van der Waals surface area contributed by atoms with Crippen LogP contribution in [-0.2, 0) is 22.6 Å². The molecule has 0 radical (unpaired) electrons. The molecule has 4 rings (SSSR count). The molecule has 1 aromatic carbocycles. The van der Waals surface area contributed by atoms with E-state index in [9.17, 15) is 4.79 Å². The third kappa shape index (κ3) is 4.90. The molecule has 2 aromatic rings. The van der Waals surface area contributed by atoms with Crippen molar-refractivity contribution in [3.63, 3.8) is 0 Å². The summed E-state index contributed by atoms with van der Waals surface area (Å²) < 4.78 is 11.1. The number of ether oxygens (including phenoxy) is 2. The minimum absolute atomic E-state index is 0.0958. The van der Waals surface area contributed by atoms with Crippen molar-refractivity contribution in [2.24, 2.45) is 11.8 Å². The Hall–Kier alpha value is -2.40. The zero-order chi connectivity index (χ0) is 19.2. The maximum atomic E-state index is 12.5. The zero-order valence-electron chi connectivity index (χ0n) is 16.3. The third-order valence-electron chi connectivity index (χ3n) is 5.81. The number of likely N-dealkylation sites (tertiary alicyclic amines) is 1. The number of pyridine rings is 1. The predicted octanol–water partition coefficient (Wildman–Crippen LogP) is 3.48. The van der Waals surface area contributed by atoms with E-state index in [1.807, 2.05) is 12.1 Å². The van der Waals surface area contributed by atoms with Gasteiger partial charge < -0.3 is 14.4 Å². The number of piperidine rings is 1. The smallest absolute Gasteiger partial charge is 0.228 e. The quantitative estimate of drug-likeness (QED) is 0.770. The van der Waals surface area contributed by atoms with Gasteiger partial charge in [0.15, 0.2) is 0 Å². The molecule has 0 N–H and O–H groups in total. The molecule has 2 saturated heterocycles. The van der Waals surface area contributed by atoms with Gasteiger partial charge in [-0.05, 0) is 54.9 Å². The van der Waals surface area contributed by atoms with Crippen LogP contribution >= 0.6 is 0 Å². The van der Waals surface area contributed by atoms with Crippen LogP contribution in [0.2, 0.25) is 0 Å². The number of rotatable bonds is 6. The summed E-state index contributed by atoms with van der Waals surface area (Å²) in [6.45, 7) is 3.68. The number of amides is 1. The van der Waals surface area contributed by atoms with Gasteiger partial charge in [0.05, 0.1) is 12.5 Å². The first-order valence-corrected chi connectivity index (χ1v) is 10.2. The molecular weight excluding hydrogens is 352 g/mol. The average molecular weight is 380 g/mol. The van der Waals surface area contributed by atoms with Crippen molar-refractivity contribution in [2.75, 3.05) is 26.3 Å². The van der Waals surface area contributed by atoms with Crippen molar-refractivity contribution in [3.05, 3.63) is 59.9 Å². The molecule has 2 fully saturated rings. The highest BCUT2D eigenvalue weighted by molar-refractivity contribution is 5.79. The number of carbonyl (C=O) groups is 1. The molecule has 1 unspecified atom stereocenters. The number of hydrogen-bond donors (Lipinski definition) is 0. The van der Waals surface area contributed by atoms with Crippen LogP contribution in [0.4, 0.5) is 0 Å². The van der Waals surface area contributed by atoms with E-state index in [2.05, 4.69) is 34.1 Å². The molecule has 0 spiro atoms. The number of aromatic nitrogens is 1. The van der Waals surface area contributed by atoms with Crippen LogP contribution in [0.25, 0.3) is 0 Å². The zero-order valence-corrected chi connectivity index (χ0v) is 16.3. The molecule has 0 aliphatic carbocycles. The first-order chi connectivity index (χ1) is 13.8. The van der Waals surface area contributed by atoms with Gasteiger partial charge in [-0.1, -0.05) is 24.3 Å². The Labute approximate surface area is 166 Å². The van der Waals surface area contributed by atoms with E-state index in [0.717, 1.165) is 51.1 Å². The van der Waals surface area contributed by atoms with Crippen LogP contribution < -0.4 is 4.74 Å². The molecule has 1 atom stereocenters. The summed E-state index contributed by atoms with van der Waals surface area (Å²) in [7, 11) is 0. The summed E-state index contributed by atoms with van der Waals surface area (Å²) >= 11 is 0. The van der Waals surface area contributed by atoms with Gasteiger partial charge in [0.2, 0.25) is 5.91 Å². The van der Waals surface area contributed by atoms with Crippen LogP contribution in [0.1, 0.15) is 30.4 Å². The van der Waals surface area contributed by atoms with Crippen LogP contribution in [0.3, 0.4) is 0 Å². The van der Waals surface area contributed by atoms with Gasteiger partial charge in [0, 0.05) is 32.1 Å². The van der Waals surface area contributed by atoms with E-state index in [1.54, 1.807) is 12.4 Å². The van der Waals surface area contributed by atoms with Crippen molar-refractivity contribution in [2.45, 2.75) is 32.3 Å². The van der Waals surface area contributed by atoms with E-state index in [1.165, 1.54) is 11.1 Å². The van der Waals surface area contributed by atoms with Crippen molar-refractivity contribution >= 4 is 5.91 Å². The second kappa shape index (κ2) is 9.20. The van der Waals surface area contributed by atoms with Crippen molar-refractivity contribution in [3.8, 4) is 5.75 Å². The van der Waals surface area contributed by atoms with Gasteiger partial charge in [0.1, 0.15) is 12.4 Å². The number of benzene rings is 1. The van der Waals surface area contributed by atoms with Crippen LogP contribution in [-0.4, -0.2) is 42.1 Å². The van der Waals surface area contributed by atoms with E-state index in [-0.39, 0.29) is 5.92 Å². The SMILES string of the molecule is O=C(C1CCOC1)N1CCC(Cc2ccc(COc3ccncc3)cc2)CC1. The normalized spacial score (nSPS) is 20.3. The Balaban J connectivity index is 1.22. The topological polar surface area (TPSA) is 51.7 Å². The van der Waals surface area contributed by atoms with Gasteiger partial charge in [-0.2, -0.15) is 0 Å². The lowest BCUT2D eigenvalue weighted by molar-refractivity contribution is -0.136. The minimum Gasteiger partial charge on any atom is -0.489 e. The summed E-state index contributed by atoms with van der Waals surface area (Å²) in [5, 5.41) is 0. The molecule has 2 aliphatic heterocycles. The molecule has 1 amide bonds. The van der Waals surface area contributed by atoms with Gasteiger partial charge >= 0.3 is 0 Å². The Morgan fingerprint density at radius 2 is 1.75 bits per heavy atom. The highest BCUT2D eigenvalue weighted by atomic mass is 16.5. The molecule has 0 bridgehead atoms. The lowest BCUT2D eigenvalue weighted by Gasteiger charge is -2.33. The predicted molar refractivity (Wildman–Crippen MR) is 107 cm³/mol. The monoisotopic (exact) mass is 380 g/mol. The summed E-state index contributed by atoms with van der Waals surface area (Å²) in [6, 6.07) is 12.4. The van der Waals surface area contributed by atoms with E-state index in [4.69, 9.17) is 9.47 Å². The van der Waals surface area contributed by atoms with Crippen molar-refractivity contribution in [1.82, 2.24) is 9.88 Å². The van der Waals surface area contributed by atoms with Crippen LogP contribution in [0, 0.1) is 11.8 Å². The molecule has 3 heterocycles. The van der Waals surface area contributed by atoms with E-state index >= 15 is 0 Å². The molecule has 1 aromatic heterocycles. The molecule has 5 nitrogen and oxygen atoms in total. The molecular formula is C23H28N2O3. The van der Waals surface area contributed by atoms with Gasteiger partial charge in [-0.15, -0.1) is 0 Å². The van der Waals surface area contributed by atoms with Crippen molar-refractivity contribution < 1.29 is 14.3 Å². The fourth-order valence-electron chi connectivity index (χ4n) is 4.05. The summed E-state index contributed by atoms with van der Waals surface area (Å²) in [5.41, 5.74) is 2.53. The van der Waals surface area contributed by atoms with Gasteiger partial charge in [-0.25, -0.2) is 0 Å². The Morgan fingerprint density at radius 3 is 2.43 bits per heavy atom. The molecule has 2 aliphatic rings. The van der Waals surface area contributed by atoms with Crippen molar-refractivity contribution in [1.29, 1.82) is 0 Å². The van der Waals surface area contributed by atoms with Crippen LogP contribution in [0.15, 0.2) is 48.8 Å². The molecule has 0 saturated carbocycles. The van der Waals surface area contributed by atoms with Crippen LogP contribution in [0.5, 0.6) is 5.75 Å². The summed E-state index contributed by atoms with van der Waals surface area (Å²) in [4.78, 5) is 18.5. The standard InChI is InChI=1S/C23H28N2O3/c26-23(21-9-14-27-17-21)25-12-7-19(8-13-25)15-18-1-3-20(4-2-18)16-28-22-5-10-24-11-6-22/h1-6,10-11,19,21H,7-9,12-17H2. The Kier molecular flexibility index (Phi) is 6.22. The highest BCUT2D eigenvalue weighted by Gasteiger charge is 2.30. The summed E-state index contributed by atoms with van der Waals surface area (Å²) in [5.74, 6) is 1.89.